The molecule has 1 atom stereocenters. The van der Waals surface area contributed by atoms with Gasteiger partial charge in [0.1, 0.15) is 5.75 Å². The molecule has 2 aromatic carbocycles. The molecule has 2 nitrogen and oxygen atoms in total. The van der Waals surface area contributed by atoms with Crippen LogP contribution in [0.3, 0.4) is 0 Å². The lowest BCUT2D eigenvalue weighted by Crippen LogP contribution is -2.20. The van der Waals surface area contributed by atoms with Gasteiger partial charge in [-0.1, -0.05) is 51.1 Å². The number of ether oxygens (including phenoxy) is 1. The van der Waals surface area contributed by atoms with Gasteiger partial charge in [0.15, 0.2) is 9.04 Å². The van der Waals surface area contributed by atoms with Crippen molar-refractivity contribution in [1.29, 1.82) is 0 Å². The van der Waals surface area contributed by atoms with E-state index in [0.29, 0.717) is 0 Å². The number of halogens is 1. The van der Waals surface area contributed by atoms with Crippen molar-refractivity contribution < 1.29 is 9.16 Å². The predicted octanol–water partition coefficient (Wildman–Crippen LogP) is 5.67. The minimum absolute atomic E-state index is 0.108. The van der Waals surface area contributed by atoms with Crippen LogP contribution in [0.4, 0.5) is 0 Å². The van der Waals surface area contributed by atoms with E-state index in [1.807, 2.05) is 24.3 Å². The lowest BCUT2D eigenvalue weighted by atomic mass is 9.86. The summed E-state index contributed by atoms with van der Waals surface area (Å²) in [6, 6.07) is 16.6. The fourth-order valence-corrected chi connectivity index (χ4v) is 3.45. The molecule has 0 aliphatic heterocycles. The third-order valence-corrected chi connectivity index (χ3v) is 5.17. The average molecular weight is 440 g/mol. The third-order valence-electron chi connectivity index (χ3n) is 3.49. The summed E-state index contributed by atoms with van der Waals surface area (Å²) in [4.78, 5) is 0. The fraction of sp³-hybridized carbons (Fsp3) is 0.368. The summed E-state index contributed by atoms with van der Waals surface area (Å²) in [6.07, 6.45) is -0.347. The van der Waals surface area contributed by atoms with Gasteiger partial charge in [-0.2, -0.15) is 0 Å². The van der Waals surface area contributed by atoms with Crippen LogP contribution < -0.4 is 4.74 Å². The summed E-state index contributed by atoms with van der Waals surface area (Å²) < 4.78 is 13.5. The molecule has 0 radical (unpaired) electrons. The standard InChI is InChI=1S/C19H25IO2Si/c1-19(2,3)15-10-8-9-14(13-15)18(22-23(4)5)21-17-12-7-6-11-16(17)20/h6-13,18,23H,1-5H3. The summed E-state index contributed by atoms with van der Waals surface area (Å²) in [6.45, 7) is 11.0. The second-order valence-corrected chi connectivity index (χ2v) is 10.5. The second-order valence-electron chi connectivity index (χ2n) is 6.94. The molecule has 0 aliphatic carbocycles. The Bertz CT molecular complexity index is 650. The molecule has 0 spiro atoms. The topological polar surface area (TPSA) is 18.5 Å². The van der Waals surface area contributed by atoms with E-state index in [2.05, 4.69) is 80.7 Å². The van der Waals surface area contributed by atoms with Gasteiger partial charge in [-0.25, -0.2) is 0 Å². The highest BCUT2D eigenvalue weighted by Crippen LogP contribution is 2.30. The predicted molar refractivity (Wildman–Crippen MR) is 108 cm³/mol. The maximum atomic E-state index is 6.21. The van der Waals surface area contributed by atoms with E-state index >= 15 is 0 Å². The number of benzene rings is 2. The third kappa shape index (κ3) is 5.33. The molecule has 1 unspecified atom stereocenters. The molecule has 0 amide bonds. The summed E-state index contributed by atoms with van der Waals surface area (Å²) in [7, 11) is -1.24. The summed E-state index contributed by atoms with van der Waals surface area (Å²) in [5, 5.41) is 0. The quantitative estimate of drug-likeness (QED) is 0.339. The summed E-state index contributed by atoms with van der Waals surface area (Å²) in [5.74, 6) is 0.869. The Kier molecular flexibility index (Phi) is 6.28. The van der Waals surface area contributed by atoms with Gasteiger partial charge < -0.3 is 9.16 Å². The van der Waals surface area contributed by atoms with Crippen LogP contribution >= 0.6 is 22.6 Å². The first kappa shape index (κ1) is 18.5. The van der Waals surface area contributed by atoms with E-state index in [4.69, 9.17) is 9.16 Å². The molecule has 124 valence electrons. The molecule has 0 aromatic heterocycles. The van der Waals surface area contributed by atoms with Crippen molar-refractivity contribution in [2.24, 2.45) is 0 Å². The number of para-hydroxylation sites is 1. The highest BCUT2D eigenvalue weighted by atomic mass is 127. The van der Waals surface area contributed by atoms with Gasteiger partial charge >= 0.3 is 0 Å². The van der Waals surface area contributed by atoms with Crippen molar-refractivity contribution in [3.05, 3.63) is 63.2 Å². The fourth-order valence-electron chi connectivity index (χ4n) is 2.23. The van der Waals surface area contributed by atoms with E-state index in [1.165, 1.54) is 5.56 Å². The Hall–Kier alpha value is -0.853. The van der Waals surface area contributed by atoms with Crippen LogP contribution in [0.15, 0.2) is 48.5 Å². The Morgan fingerprint density at radius 3 is 2.30 bits per heavy atom. The molecule has 2 rings (SSSR count). The van der Waals surface area contributed by atoms with Crippen LogP contribution in [-0.2, 0) is 9.84 Å². The van der Waals surface area contributed by atoms with E-state index in [-0.39, 0.29) is 11.7 Å². The van der Waals surface area contributed by atoms with Gasteiger partial charge in [0.25, 0.3) is 0 Å². The van der Waals surface area contributed by atoms with Gasteiger partial charge in [0, 0.05) is 5.56 Å². The van der Waals surface area contributed by atoms with Gasteiger partial charge in [-0.3, -0.25) is 0 Å². The van der Waals surface area contributed by atoms with Crippen LogP contribution in [0.25, 0.3) is 0 Å². The first-order valence-electron chi connectivity index (χ1n) is 7.94. The number of hydrogen-bond acceptors (Lipinski definition) is 2. The van der Waals surface area contributed by atoms with Crippen molar-refractivity contribution in [1.82, 2.24) is 0 Å². The zero-order chi connectivity index (χ0) is 17.0. The van der Waals surface area contributed by atoms with Crippen molar-refractivity contribution in [3.63, 3.8) is 0 Å². The molecule has 0 aliphatic rings. The van der Waals surface area contributed by atoms with Crippen LogP contribution in [0.2, 0.25) is 13.1 Å². The van der Waals surface area contributed by atoms with Gasteiger partial charge in [-0.05, 0) is 64.9 Å². The second kappa shape index (κ2) is 7.81. The molecular formula is C19H25IO2Si. The molecule has 0 fully saturated rings. The number of hydrogen-bond donors (Lipinski definition) is 0. The molecule has 4 heteroatoms. The lowest BCUT2D eigenvalue weighted by molar-refractivity contribution is 0.00158. The van der Waals surface area contributed by atoms with Crippen molar-refractivity contribution in [2.75, 3.05) is 0 Å². The maximum Gasteiger partial charge on any atom is 0.217 e. The molecule has 0 heterocycles. The monoisotopic (exact) mass is 440 g/mol. The van der Waals surface area contributed by atoms with Crippen LogP contribution in [0.5, 0.6) is 5.75 Å². The molecule has 2 aromatic rings. The largest absolute Gasteiger partial charge is 0.460 e. The van der Waals surface area contributed by atoms with Crippen molar-refractivity contribution >= 4 is 31.6 Å². The normalized spacial score (nSPS) is 13.2. The van der Waals surface area contributed by atoms with Crippen LogP contribution in [0, 0.1) is 3.57 Å². The van der Waals surface area contributed by atoms with Gasteiger partial charge in [0.2, 0.25) is 6.29 Å². The van der Waals surface area contributed by atoms with E-state index in [9.17, 15) is 0 Å². The summed E-state index contributed by atoms with van der Waals surface area (Å²) in [5.41, 5.74) is 2.48. The van der Waals surface area contributed by atoms with E-state index < -0.39 is 9.04 Å². The molecule has 0 saturated carbocycles. The van der Waals surface area contributed by atoms with Crippen LogP contribution in [0.1, 0.15) is 38.2 Å². The Balaban J connectivity index is 2.34. The summed E-state index contributed by atoms with van der Waals surface area (Å²) >= 11 is 2.30. The minimum atomic E-state index is -1.24. The van der Waals surface area contributed by atoms with E-state index in [1.54, 1.807) is 0 Å². The van der Waals surface area contributed by atoms with Gasteiger partial charge in [0.05, 0.1) is 3.57 Å². The van der Waals surface area contributed by atoms with Gasteiger partial charge in [-0.15, -0.1) is 0 Å². The smallest absolute Gasteiger partial charge is 0.217 e. The van der Waals surface area contributed by atoms with Crippen molar-refractivity contribution in [3.8, 4) is 5.75 Å². The number of rotatable bonds is 5. The van der Waals surface area contributed by atoms with E-state index in [0.717, 1.165) is 14.9 Å². The molecule has 0 N–H and O–H groups in total. The zero-order valence-electron chi connectivity index (χ0n) is 14.5. The van der Waals surface area contributed by atoms with Crippen molar-refractivity contribution in [2.45, 2.75) is 45.6 Å². The first-order valence-corrected chi connectivity index (χ1v) is 11.8. The average Bonchev–Trinajstić information content (AvgIpc) is 2.47. The maximum absolute atomic E-state index is 6.21. The van der Waals surface area contributed by atoms with Crippen LogP contribution in [-0.4, -0.2) is 9.04 Å². The SMILES string of the molecule is C[SiH](C)OC(Oc1ccccc1I)c1cccc(C(C)(C)C)c1. The Morgan fingerprint density at radius 1 is 1.00 bits per heavy atom. The molecule has 0 bridgehead atoms. The minimum Gasteiger partial charge on any atom is -0.460 e. The zero-order valence-corrected chi connectivity index (χ0v) is 17.8. The molecule has 0 saturated heterocycles. The molecular weight excluding hydrogens is 415 g/mol. The Labute approximate surface area is 155 Å². The molecule has 23 heavy (non-hydrogen) atoms. The highest BCUT2D eigenvalue weighted by Gasteiger charge is 2.20. The Morgan fingerprint density at radius 2 is 1.70 bits per heavy atom. The highest BCUT2D eigenvalue weighted by molar-refractivity contribution is 14.1. The lowest BCUT2D eigenvalue weighted by Gasteiger charge is -2.25. The first-order chi connectivity index (χ1) is 10.8.